The minimum absolute atomic E-state index is 0.0796. The fourth-order valence-corrected chi connectivity index (χ4v) is 1.96. The van der Waals surface area contributed by atoms with Crippen molar-refractivity contribution in [3.63, 3.8) is 0 Å². The lowest BCUT2D eigenvalue weighted by Crippen LogP contribution is -1.97. The first-order valence-electron chi connectivity index (χ1n) is 5.35. The van der Waals surface area contributed by atoms with Gasteiger partial charge in [0.15, 0.2) is 11.5 Å². The van der Waals surface area contributed by atoms with E-state index in [0.717, 1.165) is 5.56 Å². The van der Waals surface area contributed by atoms with E-state index in [9.17, 15) is 15.3 Å². The fraction of sp³-hybridized carbons (Fsp3) is 0.500. The van der Waals surface area contributed by atoms with Gasteiger partial charge in [-0.2, -0.15) is 0 Å². The van der Waals surface area contributed by atoms with Gasteiger partial charge in [0.05, 0.1) is 0 Å². The molecule has 0 radical (unpaired) electrons. The van der Waals surface area contributed by atoms with E-state index in [1.165, 1.54) is 0 Å². The minimum Gasteiger partial charge on any atom is -0.507 e. The van der Waals surface area contributed by atoms with E-state index in [4.69, 9.17) is 0 Å². The third-order valence-corrected chi connectivity index (χ3v) is 2.79. The summed E-state index contributed by atoms with van der Waals surface area (Å²) in [6.45, 7) is 5.64. The molecule has 0 aromatic heterocycles. The Labute approximate surface area is 90.0 Å². The highest BCUT2D eigenvalue weighted by molar-refractivity contribution is 5.61. The molecule has 0 bridgehead atoms. The van der Waals surface area contributed by atoms with Gasteiger partial charge in [-0.3, -0.25) is 0 Å². The Bertz CT molecular complexity index is 370. The molecule has 0 amide bonds. The normalized spacial score (nSPS) is 10.6. The van der Waals surface area contributed by atoms with E-state index in [1.54, 1.807) is 0 Å². The number of phenols is 3. The third kappa shape index (κ3) is 1.74. The first kappa shape index (κ1) is 11.7. The van der Waals surface area contributed by atoms with Crippen LogP contribution in [0.1, 0.15) is 37.5 Å². The Kier molecular flexibility index (Phi) is 3.45. The zero-order valence-electron chi connectivity index (χ0n) is 9.46. The van der Waals surface area contributed by atoms with E-state index >= 15 is 0 Å². The maximum atomic E-state index is 9.93. The molecule has 0 fully saturated rings. The SMILES string of the molecule is CCc1c(O)c(O)c(CC)c(CC)c1O. The largest absolute Gasteiger partial charge is 0.507 e. The second-order valence-electron chi connectivity index (χ2n) is 3.54. The van der Waals surface area contributed by atoms with Gasteiger partial charge in [-0.25, -0.2) is 0 Å². The molecule has 1 aromatic carbocycles. The van der Waals surface area contributed by atoms with Gasteiger partial charge in [-0.1, -0.05) is 20.8 Å². The second-order valence-corrected chi connectivity index (χ2v) is 3.54. The molecule has 0 heterocycles. The zero-order valence-corrected chi connectivity index (χ0v) is 9.46. The van der Waals surface area contributed by atoms with Gasteiger partial charge in [-0.05, 0) is 19.3 Å². The number of aromatic hydroxyl groups is 3. The molecule has 3 heteroatoms. The second kappa shape index (κ2) is 4.43. The van der Waals surface area contributed by atoms with Gasteiger partial charge < -0.3 is 15.3 Å². The predicted molar refractivity (Wildman–Crippen MR) is 59.6 cm³/mol. The standard InChI is InChI=1S/C12H18O3/c1-4-7-8(5-2)11(14)12(15)9(6-3)10(7)13/h13-15H,4-6H2,1-3H3. The smallest absolute Gasteiger partial charge is 0.164 e. The first-order chi connectivity index (χ1) is 7.08. The van der Waals surface area contributed by atoms with Crippen LogP contribution in [0.4, 0.5) is 0 Å². The van der Waals surface area contributed by atoms with Crippen LogP contribution in [0.5, 0.6) is 17.2 Å². The van der Waals surface area contributed by atoms with Gasteiger partial charge in [-0.15, -0.1) is 0 Å². The summed E-state index contributed by atoms with van der Waals surface area (Å²) < 4.78 is 0. The number of benzene rings is 1. The highest BCUT2D eigenvalue weighted by Crippen LogP contribution is 2.42. The van der Waals surface area contributed by atoms with Crippen LogP contribution in [0.3, 0.4) is 0 Å². The lowest BCUT2D eigenvalue weighted by atomic mass is 9.95. The van der Waals surface area contributed by atoms with Gasteiger partial charge in [0.1, 0.15) is 5.75 Å². The van der Waals surface area contributed by atoms with Crippen LogP contribution in [0.25, 0.3) is 0 Å². The van der Waals surface area contributed by atoms with E-state index in [2.05, 4.69) is 0 Å². The van der Waals surface area contributed by atoms with Crippen molar-refractivity contribution in [3.05, 3.63) is 16.7 Å². The summed E-state index contributed by atoms with van der Waals surface area (Å²) in [5, 5.41) is 29.4. The van der Waals surface area contributed by atoms with E-state index in [1.807, 2.05) is 20.8 Å². The van der Waals surface area contributed by atoms with Crippen molar-refractivity contribution in [1.82, 2.24) is 0 Å². The number of hydrogen-bond acceptors (Lipinski definition) is 3. The van der Waals surface area contributed by atoms with Crippen LogP contribution >= 0.6 is 0 Å². The molecule has 0 aliphatic carbocycles. The van der Waals surface area contributed by atoms with Crippen LogP contribution in [0.15, 0.2) is 0 Å². The van der Waals surface area contributed by atoms with E-state index in [-0.39, 0.29) is 17.2 Å². The lowest BCUT2D eigenvalue weighted by molar-refractivity contribution is 0.383. The Morgan fingerprint density at radius 1 is 0.600 bits per heavy atom. The summed E-state index contributed by atoms with van der Waals surface area (Å²) in [5.41, 5.74) is 1.82. The topological polar surface area (TPSA) is 60.7 Å². The maximum absolute atomic E-state index is 9.93. The van der Waals surface area contributed by atoms with Crippen molar-refractivity contribution >= 4 is 0 Å². The Morgan fingerprint density at radius 3 is 1.33 bits per heavy atom. The molecule has 0 spiro atoms. The highest BCUT2D eigenvalue weighted by Gasteiger charge is 2.19. The van der Waals surface area contributed by atoms with Crippen LogP contribution in [0.2, 0.25) is 0 Å². The Hall–Kier alpha value is -1.38. The summed E-state index contributed by atoms with van der Waals surface area (Å²) in [7, 11) is 0. The Balaban J connectivity index is 3.57. The number of rotatable bonds is 3. The molecular formula is C12H18O3. The molecular weight excluding hydrogens is 192 g/mol. The number of phenolic OH excluding ortho intramolecular Hbond substituents is 3. The van der Waals surface area contributed by atoms with Crippen molar-refractivity contribution in [2.75, 3.05) is 0 Å². The average molecular weight is 210 g/mol. The molecule has 1 rings (SSSR count). The molecule has 0 aliphatic rings. The highest BCUT2D eigenvalue weighted by atomic mass is 16.3. The van der Waals surface area contributed by atoms with Gasteiger partial charge in [0.2, 0.25) is 0 Å². The lowest BCUT2D eigenvalue weighted by Gasteiger charge is -2.16. The van der Waals surface area contributed by atoms with Gasteiger partial charge in [0, 0.05) is 16.7 Å². The van der Waals surface area contributed by atoms with Crippen LogP contribution in [-0.4, -0.2) is 15.3 Å². The van der Waals surface area contributed by atoms with Crippen molar-refractivity contribution in [1.29, 1.82) is 0 Å². The van der Waals surface area contributed by atoms with Crippen molar-refractivity contribution in [3.8, 4) is 17.2 Å². The molecule has 84 valence electrons. The summed E-state index contributed by atoms with van der Waals surface area (Å²) in [6.07, 6.45) is 1.75. The van der Waals surface area contributed by atoms with E-state index < -0.39 is 0 Å². The maximum Gasteiger partial charge on any atom is 0.164 e. The quantitative estimate of drug-likeness (QED) is 0.530. The molecule has 0 saturated carbocycles. The molecule has 0 atom stereocenters. The number of hydrogen-bond donors (Lipinski definition) is 3. The summed E-state index contributed by atoms with van der Waals surface area (Å²) in [6, 6.07) is 0. The first-order valence-corrected chi connectivity index (χ1v) is 5.35. The van der Waals surface area contributed by atoms with Crippen molar-refractivity contribution in [2.45, 2.75) is 40.0 Å². The van der Waals surface area contributed by atoms with E-state index in [0.29, 0.717) is 30.4 Å². The predicted octanol–water partition coefficient (Wildman–Crippen LogP) is 2.49. The van der Waals surface area contributed by atoms with Crippen LogP contribution in [0, 0.1) is 0 Å². The Morgan fingerprint density at radius 2 is 0.933 bits per heavy atom. The molecule has 0 saturated heterocycles. The molecule has 15 heavy (non-hydrogen) atoms. The minimum atomic E-state index is -0.177. The third-order valence-electron chi connectivity index (χ3n) is 2.79. The molecule has 1 aromatic rings. The van der Waals surface area contributed by atoms with Crippen LogP contribution < -0.4 is 0 Å². The zero-order chi connectivity index (χ0) is 11.6. The average Bonchev–Trinajstić information content (AvgIpc) is 2.23. The molecule has 3 nitrogen and oxygen atoms in total. The van der Waals surface area contributed by atoms with Crippen molar-refractivity contribution in [2.24, 2.45) is 0 Å². The summed E-state index contributed by atoms with van der Waals surface area (Å²) in [4.78, 5) is 0. The molecule has 3 N–H and O–H groups in total. The molecule has 0 aliphatic heterocycles. The van der Waals surface area contributed by atoms with Gasteiger partial charge in [0.25, 0.3) is 0 Å². The van der Waals surface area contributed by atoms with Crippen LogP contribution in [-0.2, 0) is 19.3 Å². The fourth-order valence-electron chi connectivity index (χ4n) is 1.96. The van der Waals surface area contributed by atoms with Crippen molar-refractivity contribution < 1.29 is 15.3 Å². The van der Waals surface area contributed by atoms with Gasteiger partial charge >= 0.3 is 0 Å². The molecule has 0 unspecified atom stereocenters. The summed E-state index contributed by atoms with van der Waals surface area (Å²) in [5.74, 6) is -0.125. The summed E-state index contributed by atoms with van der Waals surface area (Å²) >= 11 is 0. The monoisotopic (exact) mass is 210 g/mol.